The van der Waals surface area contributed by atoms with Gasteiger partial charge in [-0.3, -0.25) is 9.35 Å². The summed E-state index contributed by atoms with van der Waals surface area (Å²) in [5, 5.41) is 13.2. The van der Waals surface area contributed by atoms with Gasteiger partial charge in [0.05, 0.1) is 17.9 Å². The van der Waals surface area contributed by atoms with Gasteiger partial charge in [-0.15, -0.1) is 0 Å². The molecule has 0 bridgehead atoms. The maximum Gasteiger partial charge on any atom is 0.267 e. The molecule has 0 aromatic rings. The maximum absolute atomic E-state index is 12.4. The molecule has 0 aromatic heterocycles. The van der Waals surface area contributed by atoms with Gasteiger partial charge in [0.25, 0.3) is 10.1 Å². The van der Waals surface area contributed by atoms with Crippen molar-refractivity contribution in [2.24, 2.45) is 0 Å². The first-order valence-corrected chi connectivity index (χ1v) is 20.4. The summed E-state index contributed by atoms with van der Waals surface area (Å²) in [6.45, 7) is 4.49. The van der Waals surface area contributed by atoms with Crippen molar-refractivity contribution in [3.8, 4) is 0 Å². The zero-order chi connectivity index (χ0) is 34.0. The first-order valence-electron chi connectivity index (χ1n) is 18.8. The second-order valence-corrected chi connectivity index (χ2v) is 14.3. The zero-order valence-corrected chi connectivity index (χ0v) is 30.5. The van der Waals surface area contributed by atoms with E-state index in [0.29, 0.717) is 12.8 Å². The highest BCUT2D eigenvalue weighted by molar-refractivity contribution is 7.85. The van der Waals surface area contributed by atoms with Crippen molar-refractivity contribution in [1.82, 2.24) is 5.32 Å². The summed E-state index contributed by atoms with van der Waals surface area (Å²) in [4.78, 5) is 12.4. The van der Waals surface area contributed by atoms with Gasteiger partial charge in [-0.2, -0.15) is 8.42 Å². The Balaban J connectivity index is 4.08. The quantitative estimate of drug-likeness (QED) is 0.0368. The molecular weight excluding hydrogens is 594 g/mol. The van der Waals surface area contributed by atoms with Crippen LogP contribution in [0, 0.1) is 0 Å². The molecule has 0 aliphatic rings. The summed E-state index contributed by atoms with van der Waals surface area (Å²) < 4.78 is 32.4. The fourth-order valence-electron chi connectivity index (χ4n) is 5.36. The number of amides is 1. The Kier molecular flexibility index (Phi) is 32.0. The van der Waals surface area contributed by atoms with E-state index >= 15 is 0 Å². The maximum atomic E-state index is 12.4. The number of aliphatic hydroxyl groups is 1. The summed E-state index contributed by atoms with van der Waals surface area (Å²) in [5.41, 5.74) is 0. The van der Waals surface area contributed by atoms with Crippen molar-refractivity contribution in [1.29, 1.82) is 0 Å². The van der Waals surface area contributed by atoms with Crippen LogP contribution in [-0.4, -0.2) is 41.9 Å². The van der Waals surface area contributed by atoms with E-state index in [1.165, 1.54) is 96.0 Å². The van der Waals surface area contributed by atoms with E-state index in [0.717, 1.165) is 51.4 Å². The predicted octanol–water partition coefficient (Wildman–Crippen LogP) is 10.7. The minimum atomic E-state index is -4.36. The Morgan fingerprint density at radius 2 is 0.935 bits per heavy atom. The lowest BCUT2D eigenvalue weighted by atomic mass is 10.1. The smallest absolute Gasteiger partial charge is 0.267 e. The number of aliphatic hydroxyl groups excluding tert-OH is 1. The molecule has 3 N–H and O–H groups in total. The van der Waals surface area contributed by atoms with Gasteiger partial charge in [0.2, 0.25) is 5.91 Å². The van der Waals surface area contributed by atoms with Crippen LogP contribution in [0.1, 0.15) is 174 Å². The van der Waals surface area contributed by atoms with Crippen LogP contribution in [-0.2, 0) is 14.9 Å². The molecule has 2 unspecified atom stereocenters. The minimum Gasteiger partial charge on any atom is -0.387 e. The Morgan fingerprint density at radius 3 is 1.37 bits per heavy atom. The van der Waals surface area contributed by atoms with E-state index in [1.807, 2.05) is 0 Å². The molecule has 2 atom stereocenters. The van der Waals surface area contributed by atoms with Crippen LogP contribution in [0.15, 0.2) is 48.6 Å². The number of hydrogen-bond donors (Lipinski definition) is 3. The molecule has 268 valence electrons. The molecule has 0 radical (unpaired) electrons. The molecular formula is C39H71NO5S. The van der Waals surface area contributed by atoms with E-state index in [4.69, 9.17) is 0 Å². The lowest BCUT2D eigenvalue weighted by Gasteiger charge is -2.21. The third-order valence-corrected chi connectivity index (χ3v) is 8.99. The van der Waals surface area contributed by atoms with Gasteiger partial charge in [0, 0.05) is 6.42 Å². The number of rotatable bonds is 33. The van der Waals surface area contributed by atoms with E-state index < -0.39 is 28.0 Å². The molecule has 0 aliphatic heterocycles. The third kappa shape index (κ3) is 33.7. The highest BCUT2D eigenvalue weighted by atomic mass is 32.2. The van der Waals surface area contributed by atoms with Crippen molar-refractivity contribution in [2.75, 3.05) is 5.75 Å². The summed E-state index contributed by atoms with van der Waals surface area (Å²) in [7, 11) is -4.36. The van der Waals surface area contributed by atoms with Crippen molar-refractivity contribution in [3.05, 3.63) is 48.6 Å². The van der Waals surface area contributed by atoms with E-state index in [-0.39, 0.29) is 12.3 Å². The number of unbranched alkanes of at least 4 members (excludes halogenated alkanes) is 19. The highest BCUT2D eigenvalue weighted by Gasteiger charge is 2.24. The highest BCUT2D eigenvalue weighted by Crippen LogP contribution is 2.11. The Morgan fingerprint density at radius 1 is 0.565 bits per heavy atom. The standard InChI is InChI=1S/C39H71NO5S/c1-3-5-7-9-11-13-15-17-19-20-21-22-24-26-28-30-32-34-38(41)37(36-46(43,44)45)40-39(42)35-33-31-29-27-25-23-18-16-14-12-10-8-6-4-2/h16,18-20,24,26,32,34,37-38,41H,3-15,17,21-23,25,27-31,33,35-36H2,1-2H3,(H,40,42)(H,43,44,45)/b18-16-,20-19+,26-24+,34-32+. The molecule has 0 saturated heterocycles. The van der Waals surface area contributed by atoms with Crippen LogP contribution in [0.5, 0.6) is 0 Å². The molecule has 0 aliphatic carbocycles. The van der Waals surface area contributed by atoms with Crippen molar-refractivity contribution in [2.45, 2.75) is 187 Å². The lowest BCUT2D eigenvalue weighted by molar-refractivity contribution is -0.122. The first-order chi connectivity index (χ1) is 22.3. The van der Waals surface area contributed by atoms with Gasteiger partial charge in [-0.05, 0) is 70.6 Å². The second kappa shape index (κ2) is 33.2. The summed E-state index contributed by atoms with van der Waals surface area (Å²) >= 11 is 0. The van der Waals surface area contributed by atoms with Gasteiger partial charge in [-0.25, -0.2) is 0 Å². The molecule has 1 amide bonds. The fraction of sp³-hybridized carbons (Fsp3) is 0.769. The number of carbonyl (C=O) groups is 1. The molecule has 7 heteroatoms. The summed E-state index contributed by atoms with van der Waals surface area (Å²) in [6, 6.07) is -1.08. The number of allylic oxidation sites excluding steroid dienone is 7. The van der Waals surface area contributed by atoms with Crippen molar-refractivity contribution >= 4 is 16.0 Å². The molecule has 6 nitrogen and oxygen atoms in total. The van der Waals surface area contributed by atoms with E-state index in [1.54, 1.807) is 6.08 Å². The monoisotopic (exact) mass is 666 g/mol. The number of carbonyl (C=O) groups excluding carboxylic acids is 1. The average Bonchev–Trinajstić information content (AvgIpc) is 3.01. The predicted molar refractivity (Wildman–Crippen MR) is 198 cm³/mol. The summed E-state index contributed by atoms with van der Waals surface area (Å²) in [6.07, 6.45) is 43.8. The Hall–Kier alpha value is -1.70. The average molecular weight is 666 g/mol. The van der Waals surface area contributed by atoms with Gasteiger partial charge >= 0.3 is 0 Å². The fourth-order valence-corrected chi connectivity index (χ4v) is 6.09. The zero-order valence-electron chi connectivity index (χ0n) is 29.7. The minimum absolute atomic E-state index is 0.273. The molecule has 0 heterocycles. The SMILES string of the molecule is CCCCCCC/C=C\CCCCCCCC(=O)NC(CS(=O)(=O)O)C(O)/C=C/CC/C=C/CC/C=C/CCCCCCCCC. The largest absolute Gasteiger partial charge is 0.387 e. The molecule has 0 rings (SSSR count). The van der Waals surface area contributed by atoms with Crippen LogP contribution in [0.25, 0.3) is 0 Å². The van der Waals surface area contributed by atoms with Gasteiger partial charge in [0.1, 0.15) is 0 Å². The first kappa shape index (κ1) is 44.3. The van der Waals surface area contributed by atoms with E-state index in [9.17, 15) is 22.9 Å². The number of nitrogens with one attached hydrogen (secondary N) is 1. The Bertz CT molecular complexity index is 909. The van der Waals surface area contributed by atoms with Crippen molar-refractivity contribution in [3.63, 3.8) is 0 Å². The Labute approximate surface area is 284 Å². The van der Waals surface area contributed by atoms with E-state index in [2.05, 4.69) is 55.6 Å². The number of hydrogen-bond acceptors (Lipinski definition) is 4. The van der Waals surface area contributed by atoms with Gasteiger partial charge < -0.3 is 10.4 Å². The molecule has 0 aromatic carbocycles. The summed E-state index contributed by atoms with van der Waals surface area (Å²) in [5.74, 6) is -1.02. The third-order valence-electron chi connectivity index (χ3n) is 8.21. The normalized spacial score (nSPS) is 13.9. The molecule has 0 spiro atoms. The topological polar surface area (TPSA) is 104 Å². The lowest BCUT2D eigenvalue weighted by Crippen LogP contribution is -2.46. The van der Waals surface area contributed by atoms with Gasteiger partial charge in [-0.1, -0.05) is 146 Å². The second-order valence-electron chi connectivity index (χ2n) is 12.8. The van der Waals surface area contributed by atoms with Crippen LogP contribution in [0.2, 0.25) is 0 Å². The van der Waals surface area contributed by atoms with Crippen LogP contribution < -0.4 is 5.32 Å². The molecule has 46 heavy (non-hydrogen) atoms. The van der Waals surface area contributed by atoms with Crippen LogP contribution in [0.3, 0.4) is 0 Å². The molecule has 0 fully saturated rings. The van der Waals surface area contributed by atoms with Crippen molar-refractivity contribution < 1.29 is 22.9 Å². The molecule has 0 saturated carbocycles. The van der Waals surface area contributed by atoms with Crippen LogP contribution >= 0.6 is 0 Å². The van der Waals surface area contributed by atoms with Crippen LogP contribution in [0.4, 0.5) is 0 Å². The van der Waals surface area contributed by atoms with Gasteiger partial charge in [0.15, 0.2) is 0 Å².